The second-order valence-electron chi connectivity index (χ2n) is 2.48. The normalized spacial score (nSPS) is 9.57. The van der Waals surface area contributed by atoms with Crippen LogP contribution in [0, 0.1) is 6.92 Å². The maximum Gasteiger partial charge on any atom is 0.340 e. The summed E-state index contributed by atoms with van der Waals surface area (Å²) >= 11 is 0.945. The minimum atomic E-state index is -1.09. The molecule has 1 heterocycles. The van der Waals surface area contributed by atoms with E-state index in [4.69, 9.17) is 5.11 Å². The van der Waals surface area contributed by atoms with Gasteiger partial charge in [0, 0.05) is 7.05 Å². The van der Waals surface area contributed by atoms with Crippen molar-refractivity contribution in [3.05, 3.63) is 11.3 Å². The number of carboxylic acid groups (broad SMARTS) is 1. The van der Waals surface area contributed by atoms with Gasteiger partial charge < -0.3 is 10.4 Å². The molecule has 0 fully saturated rings. The standard InChI is InChI=1S/C7H9N3O3S/c1-3-4(6(11)12)5(14-10-3)9-7(13)8-2/h1-2H3,(H,11,12)(H2,8,9,13). The Bertz CT molecular complexity index is 374. The Kier molecular flexibility index (Phi) is 3.03. The number of carbonyl (C=O) groups is 2. The summed E-state index contributed by atoms with van der Waals surface area (Å²) in [4.78, 5) is 21.7. The maximum atomic E-state index is 10.9. The second-order valence-corrected chi connectivity index (χ2v) is 3.25. The quantitative estimate of drug-likeness (QED) is 0.683. The van der Waals surface area contributed by atoms with E-state index < -0.39 is 12.0 Å². The van der Waals surface area contributed by atoms with Crippen molar-refractivity contribution in [3.8, 4) is 0 Å². The zero-order valence-corrected chi connectivity index (χ0v) is 8.44. The van der Waals surface area contributed by atoms with E-state index >= 15 is 0 Å². The fourth-order valence-corrected chi connectivity index (χ4v) is 1.66. The van der Waals surface area contributed by atoms with Crippen LogP contribution in [-0.2, 0) is 0 Å². The maximum absolute atomic E-state index is 10.9. The van der Waals surface area contributed by atoms with E-state index in [0.29, 0.717) is 5.69 Å². The van der Waals surface area contributed by atoms with Crippen LogP contribution in [0.1, 0.15) is 16.1 Å². The lowest BCUT2D eigenvalue weighted by molar-refractivity contribution is 0.0697. The van der Waals surface area contributed by atoms with Crippen molar-refractivity contribution < 1.29 is 14.7 Å². The van der Waals surface area contributed by atoms with Gasteiger partial charge in [0.15, 0.2) is 0 Å². The Hall–Kier alpha value is -1.63. The molecule has 0 saturated heterocycles. The lowest BCUT2D eigenvalue weighted by atomic mass is 10.2. The summed E-state index contributed by atoms with van der Waals surface area (Å²) in [6.45, 7) is 1.58. The van der Waals surface area contributed by atoms with Gasteiger partial charge in [-0.25, -0.2) is 9.59 Å². The average Bonchev–Trinajstić information content (AvgIpc) is 2.46. The molecule has 3 N–H and O–H groups in total. The topological polar surface area (TPSA) is 91.3 Å². The number of carbonyl (C=O) groups excluding carboxylic acids is 1. The van der Waals surface area contributed by atoms with Gasteiger partial charge in [0.1, 0.15) is 10.6 Å². The Labute approximate surface area is 84.1 Å². The number of carboxylic acids is 1. The highest BCUT2D eigenvalue weighted by atomic mass is 32.1. The molecule has 0 aliphatic rings. The van der Waals surface area contributed by atoms with Crippen LogP contribution < -0.4 is 10.6 Å². The van der Waals surface area contributed by atoms with E-state index in [1.165, 1.54) is 7.05 Å². The number of aromatic carboxylic acids is 1. The molecule has 14 heavy (non-hydrogen) atoms. The van der Waals surface area contributed by atoms with Crippen LogP contribution in [0.15, 0.2) is 0 Å². The summed E-state index contributed by atoms with van der Waals surface area (Å²) in [5.41, 5.74) is 0.438. The number of aromatic nitrogens is 1. The van der Waals surface area contributed by atoms with E-state index in [1.807, 2.05) is 0 Å². The lowest BCUT2D eigenvalue weighted by Crippen LogP contribution is -2.24. The van der Waals surface area contributed by atoms with Gasteiger partial charge in [0.25, 0.3) is 0 Å². The number of urea groups is 1. The summed E-state index contributed by atoms with van der Waals surface area (Å²) in [5.74, 6) is -1.09. The van der Waals surface area contributed by atoms with Gasteiger partial charge in [0.2, 0.25) is 0 Å². The van der Waals surface area contributed by atoms with Gasteiger partial charge in [-0.15, -0.1) is 0 Å². The number of nitrogens with one attached hydrogen (secondary N) is 2. The van der Waals surface area contributed by atoms with Crippen molar-refractivity contribution >= 4 is 28.5 Å². The summed E-state index contributed by atoms with van der Waals surface area (Å²) in [7, 11) is 1.45. The second kappa shape index (κ2) is 4.05. The number of hydrogen-bond acceptors (Lipinski definition) is 4. The third kappa shape index (κ3) is 1.99. The van der Waals surface area contributed by atoms with Crippen molar-refractivity contribution in [3.63, 3.8) is 0 Å². The zero-order chi connectivity index (χ0) is 10.7. The summed E-state index contributed by atoms with van der Waals surface area (Å²) in [6.07, 6.45) is 0. The van der Waals surface area contributed by atoms with Gasteiger partial charge in [-0.3, -0.25) is 5.32 Å². The van der Waals surface area contributed by atoms with Crippen molar-refractivity contribution in [1.82, 2.24) is 9.69 Å². The highest BCUT2D eigenvalue weighted by Gasteiger charge is 2.18. The third-order valence-electron chi connectivity index (χ3n) is 1.53. The van der Waals surface area contributed by atoms with E-state index in [9.17, 15) is 9.59 Å². The van der Waals surface area contributed by atoms with Crippen LogP contribution in [0.5, 0.6) is 0 Å². The minimum absolute atomic E-state index is 0.0404. The molecular formula is C7H9N3O3S. The molecule has 76 valence electrons. The van der Waals surface area contributed by atoms with Crippen LogP contribution in [0.2, 0.25) is 0 Å². The number of nitrogens with zero attached hydrogens (tertiary/aromatic N) is 1. The number of hydrogen-bond donors (Lipinski definition) is 3. The highest BCUT2D eigenvalue weighted by molar-refractivity contribution is 7.11. The molecule has 0 spiro atoms. The van der Waals surface area contributed by atoms with Crippen LogP contribution in [0.3, 0.4) is 0 Å². The Morgan fingerprint density at radius 2 is 2.14 bits per heavy atom. The fourth-order valence-electron chi connectivity index (χ4n) is 0.873. The van der Waals surface area contributed by atoms with Crippen molar-refractivity contribution in [1.29, 1.82) is 0 Å². The largest absolute Gasteiger partial charge is 0.478 e. The fraction of sp³-hybridized carbons (Fsp3) is 0.286. The molecule has 0 aliphatic carbocycles. The summed E-state index contributed by atoms with van der Waals surface area (Å²) < 4.78 is 3.84. The predicted molar refractivity (Wildman–Crippen MR) is 51.9 cm³/mol. The van der Waals surface area contributed by atoms with Crippen molar-refractivity contribution in [2.24, 2.45) is 0 Å². The van der Waals surface area contributed by atoms with Crippen LogP contribution in [0.4, 0.5) is 9.80 Å². The first kappa shape index (κ1) is 10.5. The molecule has 0 bridgehead atoms. The van der Waals surface area contributed by atoms with Gasteiger partial charge in [-0.05, 0) is 18.5 Å². The molecule has 0 saturated carbocycles. The molecule has 0 aliphatic heterocycles. The predicted octanol–water partition coefficient (Wildman–Crippen LogP) is 0.901. The van der Waals surface area contributed by atoms with E-state index in [0.717, 1.165) is 11.5 Å². The van der Waals surface area contributed by atoms with Gasteiger partial charge in [-0.2, -0.15) is 4.37 Å². The highest BCUT2D eigenvalue weighted by Crippen LogP contribution is 2.23. The number of aryl methyl sites for hydroxylation is 1. The van der Waals surface area contributed by atoms with Gasteiger partial charge >= 0.3 is 12.0 Å². The molecule has 2 amide bonds. The Morgan fingerprint density at radius 1 is 1.50 bits per heavy atom. The van der Waals surface area contributed by atoms with Gasteiger partial charge in [-0.1, -0.05) is 0 Å². The molecular weight excluding hydrogens is 206 g/mol. The molecule has 1 aromatic heterocycles. The third-order valence-corrected chi connectivity index (χ3v) is 2.38. The van der Waals surface area contributed by atoms with Crippen LogP contribution >= 0.6 is 11.5 Å². The van der Waals surface area contributed by atoms with E-state index in [1.54, 1.807) is 6.92 Å². The van der Waals surface area contributed by atoms with Gasteiger partial charge in [0.05, 0.1) is 5.69 Å². The number of amides is 2. The number of rotatable bonds is 2. The molecule has 1 rings (SSSR count). The first-order valence-corrected chi connectivity index (χ1v) is 4.52. The SMILES string of the molecule is CNC(=O)Nc1snc(C)c1C(=O)O. The monoisotopic (exact) mass is 215 g/mol. The Balaban J connectivity index is 2.98. The summed E-state index contributed by atoms with van der Waals surface area (Å²) in [6, 6.07) is -0.462. The molecule has 0 aromatic carbocycles. The van der Waals surface area contributed by atoms with E-state index in [-0.39, 0.29) is 10.6 Å². The van der Waals surface area contributed by atoms with Crippen molar-refractivity contribution in [2.45, 2.75) is 6.92 Å². The first-order chi connectivity index (χ1) is 6.56. The molecule has 1 aromatic rings. The molecule has 7 heteroatoms. The molecule has 6 nitrogen and oxygen atoms in total. The van der Waals surface area contributed by atoms with Crippen molar-refractivity contribution in [2.75, 3.05) is 12.4 Å². The minimum Gasteiger partial charge on any atom is -0.478 e. The molecule has 0 atom stereocenters. The lowest BCUT2D eigenvalue weighted by Gasteiger charge is -2.01. The first-order valence-electron chi connectivity index (χ1n) is 3.74. The number of anilines is 1. The summed E-state index contributed by atoms with van der Waals surface area (Å²) in [5, 5.41) is 13.8. The zero-order valence-electron chi connectivity index (χ0n) is 7.62. The smallest absolute Gasteiger partial charge is 0.340 e. The average molecular weight is 215 g/mol. The molecule has 0 radical (unpaired) electrons. The van der Waals surface area contributed by atoms with E-state index in [2.05, 4.69) is 15.0 Å². The van der Waals surface area contributed by atoms with Crippen LogP contribution in [0.25, 0.3) is 0 Å². The van der Waals surface area contributed by atoms with Crippen LogP contribution in [-0.4, -0.2) is 28.5 Å². The molecule has 0 unspecified atom stereocenters. The Morgan fingerprint density at radius 3 is 2.64 bits per heavy atom.